The van der Waals surface area contributed by atoms with Gasteiger partial charge in [0.25, 0.3) is 5.91 Å². The predicted octanol–water partition coefficient (Wildman–Crippen LogP) is 3.80. The molecule has 1 aliphatic heterocycles. The molecule has 0 unspecified atom stereocenters. The first-order valence-corrected chi connectivity index (χ1v) is 8.21. The van der Waals surface area contributed by atoms with E-state index >= 15 is 0 Å². The van der Waals surface area contributed by atoms with E-state index in [4.69, 9.17) is 0 Å². The van der Waals surface area contributed by atoms with E-state index in [-0.39, 0.29) is 11.9 Å². The van der Waals surface area contributed by atoms with Crippen LogP contribution in [0.15, 0.2) is 42.6 Å². The molecule has 3 rings (SSSR count). The number of hydrogen-bond acceptors (Lipinski definition) is 3. The highest BCUT2D eigenvalue weighted by Crippen LogP contribution is 2.33. The summed E-state index contributed by atoms with van der Waals surface area (Å²) in [7, 11) is 1.88. The van der Waals surface area contributed by atoms with Crippen LogP contribution >= 0.6 is 0 Å². The zero-order valence-electron chi connectivity index (χ0n) is 13.7. The SMILES string of the molecule is CNc1ncc([C@@H]2CCCCN2C(=O)c2ccccc2)cc1C. The van der Waals surface area contributed by atoms with Crippen LogP contribution in [0.3, 0.4) is 0 Å². The van der Waals surface area contributed by atoms with Gasteiger partial charge >= 0.3 is 0 Å². The molecular formula is C19H23N3O. The Labute approximate surface area is 137 Å². The second kappa shape index (κ2) is 6.82. The third kappa shape index (κ3) is 3.21. The minimum atomic E-state index is 0.116. The minimum Gasteiger partial charge on any atom is -0.373 e. The summed E-state index contributed by atoms with van der Waals surface area (Å²) in [6.07, 6.45) is 5.12. The maximum atomic E-state index is 12.9. The van der Waals surface area contributed by atoms with Gasteiger partial charge in [-0.3, -0.25) is 4.79 Å². The number of benzene rings is 1. The molecule has 23 heavy (non-hydrogen) atoms. The lowest BCUT2D eigenvalue weighted by molar-refractivity contribution is 0.0611. The molecule has 120 valence electrons. The summed E-state index contributed by atoms with van der Waals surface area (Å²) in [5.41, 5.74) is 3.00. The number of likely N-dealkylation sites (tertiary alicyclic amines) is 1. The lowest BCUT2D eigenvalue weighted by Crippen LogP contribution is -2.38. The fourth-order valence-corrected chi connectivity index (χ4v) is 3.31. The van der Waals surface area contributed by atoms with E-state index in [1.807, 2.05) is 48.5 Å². The van der Waals surface area contributed by atoms with Crippen LogP contribution in [0.4, 0.5) is 5.82 Å². The average Bonchev–Trinajstić information content (AvgIpc) is 2.62. The molecule has 1 aromatic carbocycles. The van der Waals surface area contributed by atoms with Gasteiger partial charge in [0.1, 0.15) is 5.82 Å². The first-order valence-electron chi connectivity index (χ1n) is 8.21. The van der Waals surface area contributed by atoms with Gasteiger partial charge in [0.15, 0.2) is 0 Å². The standard InChI is InChI=1S/C19H23N3O/c1-14-12-16(13-21-18(14)20-2)17-10-6-7-11-22(17)19(23)15-8-4-3-5-9-15/h3-5,8-9,12-13,17H,6-7,10-11H2,1-2H3,(H,20,21)/t17-/m0/s1. The van der Waals surface area contributed by atoms with Crippen LogP contribution < -0.4 is 5.32 Å². The first kappa shape index (κ1) is 15.5. The number of pyridine rings is 1. The van der Waals surface area contributed by atoms with Crippen molar-refractivity contribution in [3.63, 3.8) is 0 Å². The van der Waals surface area contributed by atoms with Crippen molar-refractivity contribution < 1.29 is 4.79 Å². The molecule has 0 radical (unpaired) electrons. The number of amides is 1. The van der Waals surface area contributed by atoms with E-state index in [1.54, 1.807) is 0 Å². The molecule has 4 nitrogen and oxygen atoms in total. The lowest BCUT2D eigenvalue weighted by atomic mass is 9.94. The Morgan fingerprint density at radius 2 is 2.04 bits per heavy atom. The van der Waals surface area contributed by atoms with Crippen molar-refractivity contribution in [2.75, 3.05) is 18.9 Å². The number of hydrogen-bond donors (Lipinski definition) is 1. The van der Waals surface area contributed by atoms with E-state index in [0.29, 0.717) is 0 Å². The van der Waals surface area contributed by atoms with Gasteiger partial charge < -0.3 is 10.2 Å². The van der Waals surface area contributed by atoms with Crippen molar-refractivity contribution in [2.45, 2.75) is 32.2 Å². The fourth-order valence-electron chi connectivity index (χ4n) is 3.31. The zero-order chi connectivity index (χ0) is 16.2. The van der Waals surface area contributed by atoms with Crippen molar-refractivity contribution in [2.24, 2.45) is 0 Å². The normalized spacial score (nSPS) is 17.8. The maximum Gasteiger partial charge on any atom is 0.254 e. The quantitative estimate of drug-likeness (QED) is 0.938. The summed E-state index contributed by atoms with van der Waals surface area (Å²) >= 11 is 0. The Hall–Kier alpha value is -2.36. The second-order valence-electron chi connectivity index (χ2n) is 6.06. The number of aromatic nitrogens is 1. The molecule has 1 aromatic heterocycles. The van der Waals surface area contributed by atoms with E-state index in [1.165, 1.54) is 0 Å². The van der Waals surface area contributed by atoms with E-state index in [2.05, 4.69) is 23.3 Å². The molecule has 4 heteroatoms. The number of anilines is 1. The molecule has 1 atom stereocenters. The second-order valence-corrected chi connectivity index (χ2v) is 6.06. The largest absolute Gasteiger partial charge is 0.373 e. The van der Waals surface area contributed by atoms with Crippen molar-refractivity contribution in [1.29, 1.82) is 0 Å². The number of carbonyl (C=O) groups is 1. The highest BCUT2D eigenvalue weighted by Gasteiger charge is 2.29. The number of piperidine rings is 1. The Morgan fingerprint density at radius 3 is 2.74 bits per heavy atom. The van der Waals surface area contributed by atoms with E-state index in [9.17, 15) is 4.79 Å². The molecule has 1 N–H and O–H groups in total. The predicted molar refractivity (Wildman–Crippen MR) is 92.6 cm³/mol. The summed E-state index contributed by atoms with van der Waals surface area (Å²) in [6, 6.07) is 11.8. The molecule has 1 aliphatic rings. The number of aryl methyl sites for hydroxylation is 1. The topological polar surface area (TPSA) is 45.2 Å². The summed E-state index contributed by atoms with van der Waals surface area (Å²) in [5, 5.41) is 3.09. The van der Waals surface area contributed by atoms with Gasteiger partial charge in [-0.2, -0.15) is 0 Å². The Morgan fingerprint density at radius 1 is 1.26 bits per heavy atom. The van der Waals surface area contributed by atoms with Gasteiger partial charge in [0.05, 0.1) is 6.04 Å². The average molecular weight is 309 g/mol. The van der Waals surface area contributed by atoms with Crippen LogP contribution in [-0.2, 0) is 0 Å². The number of nitrogens with one attached hydrogen (secondary N) is 1. The van der Waals surface area contributed by atoms with Crippen LogP contribution in [-0.4, -0.2) is 29.4 Å². The van der Waals surface area contributed by atoms with Gasteiger partial charge in [0, 0.05) is 25.4 Å². The van der Waals surface area contributed by atoms with Crippen LogP contribution in [0.5, 0.6) is 0 Å². The van der Waals surface area contributed by atoms with E-state index in [0.717, 1.165) is 48.3 Å². The first-order chi connectivity index (χ1) is 11.2. The highest BCUT2D eigenvalue weighted by molar-refractivity contribution is 5.94. The van der Waals surface area contributed by atoms with Crippen LogP contribution in [0.25, 0.3) is 0 Å². The molecular weight excluding hydrogens is 286 g/mol. The molecule has 0 saturated carbocycles. The molecule has 1 saturated heterocycles. The molecule has 0 spiro atoms. The number of rotatable bonds is 3. The van der Waals surface area contributed by atoms with Gasteiger partial charge in [-0.15, -0.1) is 0 Å². The van der Waals surface area contributed by atoms with Crippen LogP contribution in [0.2, 0.25) is 0 Å². The number of nitrogens with zero attached hydrogens (tertiary/aromatic N) is 2. The van der Waals surface area contributed by atoms with Gasteiger partial charge in [-0.25, -0.2) is 4.98 Å². The monoisotopic (exact) mass is 309 g/mol. The summed E-state index contributed by atoms with van der Waals surface area (Å²) in [6.45, 7) is 2.86. The summed E-state index contributed by atoms with van der Waals surface area (Å²) < 4.78 is 0. The molecule has 1 amide bonds. The van der Waals surface area contributed by atoms with Crippen LogP contribution in [0.1, 0.15) is 46.8 Å². The molecule has 2 aromatic rings. The zero-order valence-corrected chi connectivity index (χ0v) is 13.7. The number of carbonyl (C=O) groups excluding carboxylic acids is 1. The third-order valence-corrected chi connectivity index (χ3v) is 4.51. The summed E-state index contributed by atoms with van der Waals surface area (Å²) in [5.74, 6) is 1.01. The molecule has 0 bridgehead atoms. The van der Waals surface area contributed by atoms with Crippen molar-refractivity contribution in [1.82, 2.24) is 9.88 Å². The van der Waals surface area contributed by atoms with Gasteiger partial charge in [-0.1, -0.05) is 18.2 Å². The summed E-state index contributed by atoms with van der Waals surface area (Å²) in [4.78, 5) is 19.4. The van der Waals surface area contributed by atoms with Crippen LogP contribution in [0, 0.1) is 6.92 Å². The Kier molecular flexibility index (Phi) is 4.60. The smallest absolute Gasteiger partial charge is 0.254 e. The van der Waals surface area contributed by atoms with E-state index < -0.39 is 0 Å². The van der Waals surface area contributed by atoms with Crippen molar-refractivity contribution in [3.05, 3.63) is 59.3 Å². The Bertz CT molecular complexity index is 684. The fraction of sp³-hybridized carbons (Fsp3) is 0.368. The minimum absolute atomic E-state index is 0.116. The van der Waals surface area contributed by atoms with Gasteiger partial charge in [0.2, 0.25) is 0 Å². The third-order valence-electron chi connectivity index (χ3n) is 4.51. The lowest BCUT2D eigenvalue weighted by Gasteiger charge is -2.36. The van der Waals surface area contributed by atoms with Crippen molar-refractivity contribution in [3.8, 4) is 0 Å². The Balaban J connectivity index is 1.90. The molecule has 0 aliphatic carbocycles. The maximum absolute atomic E-state index is 12.9. The molecule has 2 heterocycles. The molecule has 1 fully saturated rings. The van der Waals surface area contributed by atoms with Gasteiger partial charge in [-0.05, 0) is 55.5 Å². The van der Waals surface area contributed by atoms with Crippen molar-refractivity contribution >= 4 is 11.7 Å². The highest BCUT2D eigenvalue weighted by atomic mass is 16.2.